The van der Waals surface area contributed by atoms with E-state index in [-0.39, 0.29) is 11.2 Å². The fraction of sp³-hybridized carbons (Fsp3) is 0.625. The molecular formula is C8H13NOS. The van der Waals surface area contributed by atoms with Gasteiger partial charge in [-0.1, -0.05) is 12.5 Å². The van der Waals surface area contributed by atoms with Crippen LogP contribution in [-0.2, 0) is 4.79 Å². The minimum atomic E-state index is -0.426. The first-order chi connectivity index (χ1) is 4.99. The molecule has 1 rings (SSSR count). The van der Waals surface area contributed by atoms with Gasteiger partial charge in [0.05, 0.1) is 5.41 Å². The Balaban J connectivity index is 3.00. The van der Waals surface area contributed by atoms with E-state index in [1.807, 2.05) is 26.2 Å². The molecule has 2 N–H and O–H groups in total. The van der Waals surface area contributed by atoms with Crippen molar-refractivity contribution < 1.29 is 4.79 Å². The molecule has 0 bridgehead atoms. The molecule has 2 atom stereocenters. The summed E-state index contributed by atoms with van der Waals surface area (Å²) in [4.78, 5) is 11.1. The van der Waals surface area contributed by atoms with Crippen LogP contribution in [0.15, 0.2) is 11.0 Å². The Labute approximate surface area is 71.2 Å². The molecule has 62 valence electrons. The zero-order valence-corrected chi connectivity index (χ0v) is 7.87. The van der Waals surface area contributed by atoms with Crippen molar-refractivity contribution in [2.75, 3.05) is 0 Å². The van der Waals surface area contributed by atoms with Gasteiger partial charge in [0, 0.05) is 5.25 Å². The summed E-state index contributed by atoms with van der Waals surface area (Å²) in [6, 6.07) is 0. The topological polar surface area (TPSA) is 43.1 Å². The van der Waals surface area contributed by atoms with Crippen LogP contribution in [0.4, 0.5) is 0 Å². The molecule has 2 unspecified atom stereocenters. The molecule has 0 aromatic rings. The van der Waals surface area contributed by atoms with Gasteiger partial charge in [0.15, 0.2) is 0 Å². The minimum absolute atomic E-state index is 0.219. The van der Waals surface area contributed by atoms with E-state index in [2.05, 4.69) is 0 Å². The summed E-state index contributed by atoms with van der Waals surface area (Å²) in [6.45, 7) is 5.90. The van der Waals surface area contributed by atoms with Crippen molar-refractivity contribution in [3.8, 4) is 0 Å². The first-order valence-corrected chi connectivity index (χ1v) is 4.56. The quantitative estimate of drug-likeness (QED) is 0.650. The molecule has 0 saturated carbocycles. The lowest BCUT2D eigenvalue weighted by Gasteiger charge is -2.26. The van der Waals surface area contributed by atoms with Gasteiger partial charge in [-0.15, -0.1) is 11.8 Å². The van der Waals surface area contributed by atoms with E-state index in [0.717, 1.165) is 5.57 Å². The van der Waals surface area contributed by atoms with Crippen molar-refractivity contribution in [3.05, 3.63) is 11.0 Å². The molecule has 0 fully saturated rings. The second-order valence-corrected chi connectivity index (χ2v) is 4.36. The van der Waals surface area contributed by atoms with E-state index in [9.17, 15) is 4.79 Å². The standard InChI is InChI=1S/C8H13NOS/c1-5-4-11-6(2)8(5,3)7(9)10/h4,6H,1-3H3,(H2,9,10). The number of primary amides is 1. The summed E-state index contributed by atoms with van der Waals surface area (Å²) in [5, 5.41) is 2.30. The van der Waals surface area contributed by atoms with E-state index in [0.29, 0.717) is 0 Å². The zero-order chi connectivity index (χ0) is 8.65. The molecule has 3 heteroatoms. The maximum absolute atomic E-state index is 11.1. The van der Waals surface area contributed by atoms with Crippen LogP contribution in [0.5, 0.6) is 0 Å². The van der Waals surface area contributed by atoms with Crippen molar-refractivity contribution in [2.45, 2.75) is 26.0 Å². The first-order valence-electron chi connectivity index (χ1n) is 3.62. The van der Waals surface area contributed by atoms with Crippen LogP contribution in [0.2, 0.25) is 0 Å². The molecule has 1 amide bonds. The highest BCUT2D eigenvalue weighted by Crippen LogP contribution is 2.44. The van der Waals surface area contributed by atoms with Gasteiger partial charge in [-0.3, -0.25) is 4.79 Å². The van der Waals surface area contributed by atoms with Crippen LogP contribution in [-0.4, -0.2) is 11.2 Å². The fourth-order valence-corrected chi connectivity index (χ4v) is 2.41. The Bertz CT molecular complexity index is 224. The SMILES string of the molecule is CC1=CSC(C)C1(C)C(N)=O. The largest absolute Gasteiger partial charge is 0.369 e. The number of nitrogens with two attached hydrogens (primary N) is 1. The third-order valence-corrected chi connectivity index (χ3v) is 3.96. The van der Waals surface area contributed by atoms with Crippen LogP contribution in [0, 0.1) is 5.41 Å². The van der Waals surface area contributed by atoms with Crippen molar-refractivity contribution in [1.29, 1.82) is 0 Å². The predicted molar refractivity (Wildman–Crippen MR) is 48.1 cm³/mol. The Kier molecular flexibility index (Phi) is 2.01. The molecule has 0 saturated heterocycles. The van der Waals surface area contributed by atoms with Gasteiger partial charge in [0.25, 0.3) is 0 Å². The summed E-state index contributed by atoms with van der Waals surface area (Å²) in [5.74, 6) is -0.219. The van der Waals surface area contributed by atoms with Crippen LogP contribution in [0.1, 0.15) is 20.8 Å². The highest BCUT2D eigenvalue weighted by atomic mass is 32.2. The first kappa shape index (κ1) is 8.65. The Morgan fingerprint density at radius 3 is 2.55 bits per heavy atom. The predicted octanol–water partition coefficient (Wildman–Crippen LogP) is 1.52. The van der Waals surface area contributed by atoms with E-state index in [1.54, 1.807) is 11.8 Å². The Hall–Kier alpha value is -0.440. The summed E-state index contributed by atoms with van der Waals surface area (Å²) in [5.41, 5.74) is 5.98. The average molecular weight is 171 g/mol. The number of hydrogen-bond donors (Lipinski definition) is 1. The lowest BCUT2D eigenvalue weighted by atomic mass is 9.80. The van der Waals surface area contributed by atoms with Crippen LogP contribution in [0.25, 0.3) is 0 Å². The highest BCUT2D eigenvalue weighted by molar-refractivity contribution is 8.03. The smallest absolute Gasteiger partial charge is 0.228 e. The van der Waals surface area contributed by atoms with E-state index < -0.39 is 5.41 Å². The molecule has 1 aliphatic rings. The van der Waals surface area contributed by atoms with Gasteiger partial charge in [-0.25, -0.2) is 0 Å². The molecule has 0 aromatic heterocycles. The molecular weight excluding hydrogens is 158 g/mol. The van der Waals surface area contributed by atoms with Crippen molar-refractivity contribution in [3.63, 3.8) is 0 Å². The maximum atomic E-state index is 11.1. The molecule has 0 aliphatic carbocycles. The molecule has 0 radical (unpaired) electrons. The molecule has 2 nitrogen and oxygen atoms in total. The Morgan fingerprint density at radius 2 is 2.36 bits per heavy atom. The summed E-state index contributed by atoms with van der Waals surface area (Å²) in [7, 11) is 0. The zero-order valence-electron chi connectivity index (χ0n) is 7.05. The lowest BCUT2D eigenvalue weighted by molar-refractivity contribution is -0.124. The lowest BCUT2D eigenvalue weighted by Crippen LogP contribution is -2.40. The van der Waals surface area contributed by atoms with Gasteiger partial charge < -0.3 is 5.73 Å². The summed E-state index contributed by atoms with van der Waals surface area (Å²) < 4.78 is 0. The third-order valence-electron chi connectivity index (χ3n) is 2.59. The van der Waals surface area contributed by atoms with Crippen LogP contribution in [0.3, 0.4) is 0 Å². The van der Waals surface area contributed by atoms with Gasteiger partial charge in [0.2, 0.25) is 5.91 Å². The number of hydrogen-bond acceptors (Lipinski definition) is 2. The van der Waals surface area contributed by atoms with E-state index in [1.165, 1.54) is 0 Å². The van der Waals surface area contributed by atoms with Crippen molar-refractivity contribution in [2.24, 2.45) is 11.1 Å². The number of amides is 1. The van der Waals surface area contributed by atoms with Crippen molar-refractivity contribution in [1.82, 2.24) is 0 Å². The Morgan fingerprint density at radius 1 is 1.82 bits per heavy atom. The normalized spacial score (nSPS) is 37.0. The van der Waals surface area contributed by atoms with E-state index in [4.69, 9.17) is 5.73 Å². The second kappa shape index (κ2) is 2.55. The summed E-state index contributed by atoms with van der Waals surface area (Å²) in [6.07, 6.45) is 0. The number of carbonyl (C=O) groups excluding carboxylic acids is 1. The number of rotatable bonds is 1. The van der Waals surface area contributed by atoms with Gasteiger partial charge in [-0.05, 0) is 19.3 Å². The minimum Gasteiger partial charge on any atom is -0.369 e. The molecule has 1 aliphatic heterocycles. The fourth-order valence-electron chi connectivity index (χ4n) is 1.18. The van der Waals surface area contributed by atoms with E-state index >= 15 is 0 Å². The molecule has 11 heavy (non-hydrogen) atoms. The third kappa shape index (κ3) is 1.07. The second-order valence-electron chi connectivity index (χ2n) is 3.15. The van der Waals surface area contributed by atoms with Gasteiger partial charge in [-0.2, -0.15) is 0 Å². The maximum Gasteiger partial charge on any atom is 0.228 e. The van der Waals surface area contributed by atoms with Crippen LogP contribution >= 0.6 is 11.8 Å². The summed E-state index contributed by atoms with van der Waals surface area (Å²) >= 11 is 1.68. The number of thioether (sulfide) groups is 1. The van der Waals surface area contributed by atoms with Gasteiger partial charge >= 0.3 is 0 Å². The van der Waals surface area contributed by atoms with Gasteiger partial charge in [0.1, 0.15) is 0 Å². The monoisotopic (exact) mass is 171 g/mol. The van der Waals surface area contributed by atoms with Crippen LogP contribution < -0.4 is 5.73 Å². The molecule has 1 heterocycles. The molecule has 0 spiro atoms. The molecule has 0 aromatic carbocycles. The average Bonchev–Trinajstić information content (AvgIpc) is 2.18. The highest BCUT2D eigenvalue weighted by Gasteiger charge is 2.42. The number of carbonyl (C=O) groups is 1. The van der Waals surface area contributed by atoms with Crippen molar-refractivity contribution >= 4 is 17.7 Å².